The van der Waals surface area contributed by atoms with Crippen molar-refractivity contribution < 1.29 is 19.1 Å². The van der Waals surface area contributed by atoms with Gasteiger partial charge in [-0.15, -0.1) is 11.3 Å². The van der Waals surface area contributed by atoms with Crippen molar-refractivity contribution in [2.45, 2.75) is 25.8 Å². The van der Waals surface area contributed by atoms with E-state index in [2.05, 4.69) is 0 Å². The SMILES string of the molecule is Cc1ccc(N2C(=O)CC(C(=O)OCC(=O)N3CCc4ccccc43)C2c2cccs2)cc1. The van der Waals surface area contributed by atoms with Crippen molar-refractivity contribution in [1.82, 2.24) is 0 Å². The summed E-state index contributed by atoms with van der Waals surface area (Å²) in [5, 5.41) is 1.93. The van der Waals surface area contributed by atoms with Crippen molar-refractivity contribution >= 4 is 40.5 Å². The minimum absolute atomic E-state index is 0.0516. The molecule has 33 heavy (non-hydrogen) atoms. The summed E-state index contributed by atoms with van der Waals surface area (Å²) in [6.45, 7) is 2.23. The second-order valence-corrected chi connectivity index (χ2v) is 9.38. The Balaban J connectivity index is 1.33. The highest BCUT2D eigenvalue weighted by Crippen LogP contribution is 2.43. The van der Waals surface area contributed by atoms with E-state index in [0.29, 0.717) is 6.54 Å². The van der Waals surface area contributed by atoms with E-state index in [4.69, 9.17) is 4.74 Å². The number of rotatable bonds is 5. The number of anilines is 2. The number of esters is 1. The van der Waals surface area contributed by atoms with E-state index in [-0.39, 0.29) is 24.8 Å². The molecule has 3 heterocycles. The van der Waals surface area contributed by atoms with Crippen molar-refractivity contribution in [1.29, 1.82) is 0 Å². The van der Waals surface area contributed by atoms with Gasteiger partial charge in [0, 0.05) is 29.2 Å². The molecule has 0 bridgehead atoms. The third-order valence-corrected chi connectivity index (χ3v) is 7.24. The Kier molecular flexibility index (Phi) is 5.72. The largest absolute Gasteiger partial charge is 0.455 e. The number of ether oxygens (including phenoxy) is 1. The fourth-order valence-corrected chi connectivity index (χ4v) is 5.54. The predicted molar refractivity (Wildman–Crippen MR) is 127 cm³/mol. The normalized spacial score (nSPS) is 19.6. The molecule has 2 unspecified atom stereocenters. The Bertz CT molecular complexity index is 1190. The first-order valence-electron chi connectivity index (χ1n) is 11.0. The first-order chi connectivity index (χ1) is 16.0. The molecule has 3 aromatic rings. The Hall–Kier alpha value is -3.45. The van der Waals surface area contributed by atoms with Crippen LogP contribution < -0.4 is 9.80 Å². The maximum Gasteiger partial charge on any atom is 0.312 e. The van der Waals surface area contributed by atoms with Crippen LogP contribution in [0, 0.1) is 12.8 Å². The van der Waals surface area contributed by atoms with E-state index in [1.54, 1.807) is 9.80 Å². The summed E-state index contributed by atoms with van der Waals surface area (Å²) in [5.41, 5.74) is 3.83. The highest BCUT2D eigenvalue weighted by molar-refractivity contribution is 7.10. The number of aryl methyl sites for hydroxylation is 1. The maximum absolute atomic E-state index is 13.1. The zero-order valence-corrected chi connectivity index (χ0v) is 19.1. The first-order valence-corrected chi connectivity index (χ1v) is 11.9. The number of thiophene rings is 1. The van der Waals surface area contributed by atoms with Crippen LogP contribution in [0.5, 0.6) is 0 Å². The third kappa shape index (κ3) is 4.04. The van der Waals surface area contributed by atoms with Crippen LogP contribution in [0.15, 0.2) is 66.0 Å². The Morgan fingerprint density at radius 3 is 2.61 bits per heavy atom. The Labute approximate surface area is 196 Å². The lowest BCUT2D eigenvalue weighted by molar-refractivity contribution is -0.152. The average Bonchev–Trinajstić information content (AvgIpc) is 3.56. The van der Waals surface area contributed by atoms with Crippen molar-refractivity contribution in [2.24, 2.45) is 5.92 Å². The lowest BCUT2D eigenvalue weighted by Crippen LogP contribution is -2.35. The Morgan fingerprint density at radius 2 is 1.85 bits per heavy atom. The molecule has 1 aromatic heterocycles. The van der Waals surface area contributed by atoms with Crippen molar-refractivity contribution in [3.05, 3.63) is 82.0 Å². The van der Waals surface area contributed by atoms with Crippen LogP contribution in [0.4, 0.5) is 11.4 Å². The van der Waals surface area contributed by atoms with Gasteiger partial charge in [-0.05, 0) is 48.6 Å². The van der Waals surface area contributed by atoms with Crippen LogP contribution in [0.3, 0.4) is 0 Å². The molecule has 7 heteroatoms. The van der Waals surface area contributed by atoms with E-state index in [1.165, 1.54) is 11.3 Å². The van der Waals surface area contributed by atoms with Crippen LogP contribution in [0.2, 0.25) is 0 Å². The average molecular weight is 461 g/mol. The number of carbonyl (C=O) groups is 3. The van der Waals surface area contributed by atoms with Gasteiger partial charge in [0.25, 0.3) is 5.91 Å². The van der Waals surface area contributed by atoms with Gasteiger partial charge in [-0.3, -0.25) is 14.4 Å². The smallest absolute Gasteiger partial charge is 0.312 e. The van der Waals surface area contributed by atoms with E-state index in [9.17, 15) is 14.4 Å². The van der Waals surface area contributed by atoms with Crippen LogP contribution in [0.25, 0.3) is 0 Å². The van der Waals surface area contributed by atoms with E-state index >= 15 is 0 Å². The van der Waals surface area contributed by atoms with Gasteiger partial charge in [-0.2, -0.15) is 0 Å². The van der Waals surface area contributed by atoms with Gasteiger partial charge in [-0.1, -0.05) is 42.0 Å². The summed E-state index contributed by atoms with van der Waals surface area (Å²) < 4.78 is 5.49. The number of hydrogen-bond donors (Lipinski definition) is 0. The van der Waals surface area contributed by atoms with Crippen molar-refractivity contribution in [3.8, 4) is 0 Å². The number of hydrogen-bond acceptors (Lipinski definition) is 5. The topological polar surface area (TPSA) is 66.9 Å². The van der Waals surface area contributed by atoms with Crippen LogP contribution in [-0.4, -0.2) is 30.9 Å². The molecule has 2 aliphatic heterocycles. The van der Waals surface area contributed by atoms with Gasteiger partial charge < -0.3 is 14.5 Å². The quantitative estimate of drug-likeness (QED) is 0.533. The summed E-state index contributed by atoms with van der Waals surface area (Å²) in [6.07, 6.45) is 0.842. The molecule has 0 radical (unpaired) electrons. The van der Waals surface area contributed by atoms with E-state index in [0.717, 1.165) is 33.8 Å². The van der Waals surface area contributed by atoms with Gasteiger partial charge in [0.1, 0.15) is 0 Å². The van der Waals surface area contributed by atoms with E-state index in [1.807, 2.05) is 73.0 Å². The number of para-hydroxylation sites is 1. The zero-order valence-electron chi connectivity index (χ0n) is 18.3. The molecule has 0 spiro atoms. The molecule has 0 N–H and O–H groups in total. The molecule has 0 saturated carbocycles. The van der Waals surface area contributed by atoms with Crippen LogP contribution >= 0.6 is 11.3 Å². The summed E-state index contributed by atoms with van der Waals surface area (Å²) in [7, 11) is 0. The number of nitrogens with zero attached hydrogens (tertiary/aromatic N) is 2. The second kappa shape index (κ2) is 8.83. The minimum atomic E-state index is -0.670. The van der Waals surface area contributed by atoms with Crippen LogP contribution in [-0.2, 0) is 25.5 Å². The molecule has 2 atom stereocenters. The number of amides is 2. The monoisotopic (exact) mass is 460 g/mol. The summed E-state index contributed by atoms with van der Waals surface area (Å²) in [6, 6.07) is 18.9. The molecule has 2 amide bonds. The molecule has 1 saturated heterocycles. The molecule has 0 aliphatic carbocycles. The lowest BCUT2D eigenvalue weighted by atomic mass is 9.99. The maximum atomic E-state index is 13.1. The molecule has 2 aromatic carbocycles. The molecule has 2 aliphatic rings. The van der Waals surface area contributed by atoms with Crippen molar-refractivity contribution in [2.75, 3.05) is 23.0 Å². The van der Waals surface area contributed by atoms with E-state index < -0.39 is 17.9 Å². The lowest BCUT2D eigenvalue weighted by Gasteiger charge is -2.27. The molecule has 6 nitrogen and oxygen atoms in total. The Morgan fingerprint density at radius 1 is 1.06 bits per heavy atom. The molecule has 1 fully saturated rings. The number of benzene rings is 2. The predicted octanol–water partition coefficient (Wildman–Crippen LogP) is 4.28. The number of fused-ring (bicyclic) bond motifs is 1. The van der Waals surface area contributed by atoms with Gasteiger partial charge in [0.2, 0.25) is 5.91 Å². The fraction of sp³-hybridized carbons (Fsp3) is 0.269. The molecule has 168 valence electrons. The first kappa shape index (κ1) is 21.4. The number of carbonyl (C=O) groups excluding carboxylic acids is 3. The highest BCUT2D eigenvalue weighted by atomic mass is 32.1. The van der Waals surface area contributed by atoms with Crippen LogP contribution in [0.1, 0.15) is 28.5 Å². The fourth-order valence-electron chi connectivity index (χ4n) is 4.66. The van der Waals surface area contributed by atoms with Gasteiger partial charge in [0.15, 0.2) is 6.61 Å². The second-order valence-electron chi connectivity index (χ2n) is 8.40. The molecule has 5 rings (SSSR count). The van der Waals surface area contributed by atoms with Gasteiger partial charge in [0.05, 0.1) is 12.0 Å². The summed E-state index contributed by atoms with van der Waals surface area (Å²) in [5.74, 6) is -1.56. The standard InChI is InChI=1S/C26H24N2O4S/c1-17-8-10-19(11-9-17)28-23(29)15-20(25(28)22-7-4-14-33-22)26(31)32-16-24(30)27-13-12-18-5-2-3-6-21(18)27/h2-11,14,20,25H,12-13,15-16H2,1H3. The third-order valence-electron chi connectivity index (χ3n) is 6.30. The summed E-state index contributed by atoms with van der Waals surface area (Å²) >= 11 is 1.51. The van der Waals surface area contributed by atoms with Crippen molar-refractivity contribution in [3.63, 3.8) is 0 Å². The minimum Gasteiger partial charge on any atom is -0.455 e. The summed E-state index contributed by atoms with van der Waals surface area (Å²) in [4.78, 5) is 43.2. The van der Waals surface area contributed by atoms with Gasteiger partial charge in [-0.25, -0.2) is 0 Å². The van der Waals surface area contributed by atoms with Gasteiger partial charge >= 0.3 is 5.97 Å². The molecular weight excluding hydrogens is 436 g/mol. The highest BCUT2D eigenvalue weighted by Gasteiger charge is 2.46. The molecular formula is C26H24N2O4S. The zero-order chi connectivity index (χ0) is 22.9.